The van der Waals surface area contributed by atoms with E-state index in [-0.39, 0.29) is 0 Å². The van der Waals surface area contributed by atoms with Gasteiger partial charge in [-0.05, 0) is 48.4 Å². The molecule has 0 atom stereocenters. The van der Waals surface area contributed by atoms with E-state index in [2.05, 4.69) is 39.7 Å². The van der Waals surface area contributed by atoms with Gasteiger partial charge in [-0.3, -0.25) is 4.98 Å². The van der Waals surface area contributed by atoms with Crippen LogP contribution in [0.4, 0.5) is 0 Å². The van der Waals surface area contributed by atoms with E-state index in [1.165, 1.54) is 16.5 Å². The fraction of sp³-hybridized carbons (Fsp3) is 0.208. The molecule has 0 spiro atoms. The number of para-hydroxylation sites is 1. The van der Waals surface area contributed by atoms with Crippen molar-refractivity contribution in [3.8, 4) is 11.5 Å². The Labute approximate surface area is 181 Å². The van der Waals surface area contributed by atoms with Gasteiger partial charge in [0.05, 0.1) is 12.1 Å². The van der Waals surface area contributed by atoms with Crippen molar-refractivity contribution in [1.29, 1.82) is 0 Å². The summed E-state index contributed by atoms with van der Waals surface area (Å²) in [6, 6.07) is 16.1. The lowest BCUT2D eigenvalue weighted by molar-refractivity contribution is 0.284. The number of aromatic nitrogens is 2. The van der Waals surface area contributed by atoms with Crippen LogP contribution in [0.2, 0.25) is 5.02 Å². The summed E-state index contributed by atoms with van der Waals surface area (Å²) in [7, 11) is 1.62. The predicted molar refractivity (Wildman–Crippen MR) is 120 cm³/mol. The van der Waals surface area contributed by atoms with Crippen LogP contribution in [0.5, 0.6) is 11.5 Å². The molecule has 5 nitrogen and oxygen atoms in total. The van der Waals surface area contributed by atoms with Crippen molar-refractivity contribution in [3.05, 3.63) is 88.8 Å². The summed E-state index contributed by atoms with van der Waals surface area (Å²) in [6.45, 7) is 1.94. The van der Waals surface area contributed by atoms with Gasteiger partial charge in [0, 0.05) is 41.6 Å². The molecule has 0 fully saturated rings. The van der Waals surface area contributed by atoms with Gasteiger partial charge in [0.25, 0.3) is 0 Å². The molecule has 2 heterocycles. The maximum Gasteiger partial charge on any atom is 0.180 e. The minimum Gasteiger partial charge on any atom is -0.493 e. The summed E-state index contributed by atoms with van der Waals surface area (Å²) in [5.74, 6) is 1.17. The van der Waals surface area contributed by atoms with Gasteiger partial charge in [-0.15, -0.1) is 0 Å². The molecule has 2 N–H and O–H groups in total. The zero-order valence-corrected chi connectivity index (χ0v) is 17.6. The maximum absolute atomic E-state index is 6.49. The highest BCUT2D eigenvalue weighted by atomic mass is 35.5. The van der Waals surface area contributed by atoms with Gasteiger partial charge in [0.15, 0.2) is 11.5 Å². The highest BCUT2D eigenvalue weighted by Crippen LogP contribution is 2.37. The standard InChI is InChI=1S/C24H24ClN3O2/c1-29-23-12-18(11-21(25)24(23)30-16-17-5-4-9-26-13-17)14-27-10-8-19-15-28-22-7-3-2-6-20(19)22/h2-7,9,11-13,15,27-28H,8,10,14,16H2,1H3. The van der Waals surface area contributed by atoms with E-state index in [1.807, 2.05) is 30.3 Å². The van der Waals surface area contributed by atoms with Crippen LogP contribution >= 0.6 is 11.6 Å². The molecule has 4 aromatic rings. The Balaban J connectivity index is 1.35. The number of hydrogen-bond donors (Lipinski definition) is 2. The summed E-state index contributed by atoms with van der Waals surface area (Å²) in [6.07, 6.45) is 6.53. The fourth-order valence-electron chi connectivity index (χ4n) is 3.45. The topological polar surface area (TPSA) is 59.2 Å². The molecule has 30 heavy (non-hydrogen) atoms. The molecule has 6 heteroatoms. The normalized spacial score (nSPS) is 11.0. The maximum atomic E-state index is 6.49. The van der Waals surface area contributed by atoms with Crippen LogP contribution < -0.4 is 14.8 Å². The van der Waals surface area contributed by atoms with E-state index < -0.39 is 0 Å². The predicted octanol–water partition coefficient (Wildman–Crippen LogP) is 5.14. The molecule has 0 saturated carbocycles. The third-order valence-electron chi connectivity index (χ3n) is 4.97. The monoisotopic (exact) mass is 421 g/mol. The van der Waals surface area contributed by atoms with Crippen LogP contribution in [0.1, 0.15) is 16.7 Å². The first kappa shape index (κ1) is 20.3. The number of benzene rings is 2. The van der Waals surface area contributed by atoms with Crippen molar-refractivity contribution in [2.75, 3.05) is 13.7 Å². The number of pyridine rings is 1. The number of nitrogens with zero attached hydrogens (tertiary/aromatic N) is 1. The zero-order chi connectivity index (χ0) is 20.8. The zero-order valence-electron chi connectivity index (χ0n) is 16.8. The highest BCUT2D eigenvalue weighted by Gasteiger charge is 2.12. The lowest BCUT2D eigenvalue weighted by Gasteiger charge is -2.14. The molecular formula is C24H24ClN3O2. The van der Waals surface area contributed by atoms with Gasteiger partial charge >= 0.3 is 0 Å². The Morgan fingerprint density at radius 1 is 1.10 bits per heavy atom. The van der Waals surface area contributed by atoms with Crippen molar-refractivity contribution < 1.29 is 9.47 Å². The number of halogens is 1. The minimum atomic E-state index is 0.381. The van der Waals surface area contributed by atoms with Gasteiger partial charge in [0.1, 0.15) is 6.61 Å². The second-order valence-electron chi connectivity index (χ2n) is 7.05. The third kappa shape index (κ3) is 4.75. The van der Waals surface area contributed by atoms with Gasteiger partial charge in [-0.1, -0.05) is 35.9 Å². The first-order valence-corrected chi connectivity index (χ1v) is 10.3. The van der Waals surface area contributed by atoms with Crippen molar-refractivity contribution in [3.63, 3.8) is 0 Å². The molecule has 0 amide bonds. The Kier molecular flexibility index (Phi) is 6.52. The number of nitrogens with one attached hydrogen (secondary N) is 2. The van der Waals surface area contributed by atoms with Crippen molar-refractivity contribution in [2.45, 2.75) is 19.6 Å². The van der Waals surface area contributed by atoms with E-state index in [4.69, 9.17) is 21.1 Å². The number of methoxy groups -OCH3 is 1. The third-order valence-corrected chi connectivity index (χ3v) is 5.25. The van der Waals surface area contributed by atoms with Gasteiger partial charge in [0.2, 0.25) is 0 Å². The molecule has 0 unspecified atom stereocenters. The number of aromatic amines is 1. The van der Waals surface area contributed by atoms with E-state index in [9.17, 15) is 0 Å². The summed E-state index contributed by atoms with van der Waals surface area (Å²) in [4.78, 5) is 7.42. The summed E-state index contributed by atoms with van der Waals surface area (Å²) < 4.78 is 11.4. The minimum absolute atomic E-state index is 0.381. The number of fused-ring (bicyclic) bond motifs is 1. The quantitative estimate of drug-likeness (QED) is 0.367. The Morgan fingerprint density at radius 3 is 2.83 bits per heavy atom. The van der Waals surface area contributed by atoms with Gasteiger partial charge in [-0.25, -0.2) is 0 Å². The highest BCUT2D eigenvalue weighted by molar-refractivity contribution is 6.32. The molecule has 0 aliphatic heterocycles. The largest absolute Gasteiger partial charge is 0.493 e. The summed E-state index contributed by atoms with van der Waals surface area (Å²) >= 11 is 6.49. The Bertz CT molecular complexity index is 1110. The molecule has 0 bridgehead atoms. The molecule has 4 rings (SSSR count). The summed E-state index contributed by atoms with van der Waals surface area (Å²) in [5.41, 5.74) is 4.50. The Morgan fingerprint density at radius 2 is 2.00 bits per heavy atom. The average molecular weight is 422 g/mol. The van der Waals surface area contributed by atoms with Gasteiger partial charge in [-0.2, -0.15) is 0 Å². The number of ether oxygens (including phenoxy) is 2. The van der Waals surface area contributed by atoms with Crippen LogP contribution in [-0.4, -0.2) is 23.6 Å². The van der Waals surface area contributed by atoms with E-state index >= 15 is 0 Å². The number of hydrogen-bond acceptors (Lipinski definition) is 4. The second kappa shape index (κ2) is 9.65. The van der Waals surface area contributed by atoms with Crippen LogP contribution in [0, 0.1) is 0 Å². The van der Waals surface area contributed by atoms with Crippen molar-refractivity contribution in [1.82, 2.24) is 15.3 Å². The van der Waals surface area contributed by atoms with Gasteiger partial charge < -0.3 is 19.8 Å². The second-order valence-corrected chi connectivity index (χ2v) is 7.45. The first-order chi connectivity index (χ1) is 14.7. The lowest BCUT2D eigenvalue weighted by atomic mass is 10.1. The summed E-state index contributed by atoms with van der Waals surface area (Å²) in [5, 5.41) is 5.29. The number of H-pyrrole nitrogens is 1. The molecule has 0 aliphatic rings. The first-order valence-electron chi connectivity index (χ1n) is 9.88. The molecule has 2 aromatic heterocycles. The van der Waals surface area contributed by atoms with E-state index in [0.29, 0.717) is 29.7 Å². The Hall–Kier alpha value is -3.02. The lowest BCUT2D eigenvalue weighted by Crippen LogP contribution is -2.16. The van der Waals surface area contributed by atoms with Crippen LogP contribution in [-0.2, 0) is 19.6 Å². The van der Waals surface area contributed by atoms with Crippen LogP contribution in [0.3, 0.4) is 0 Å². The molecule has 2 aromatic carbocycles. The van der Waals surface area contributed by atoms with E-state index in [1.54, 1.807) is 19.5 Å². The van der Waals surface area contributed by atoms with Crippen LogP contribution in [0.15, 0.2) is 67.1 Å². The van der Waals surface area contributed by atoms with Crippen LogP contribution in [0.25, 0.3) is 10.9 Å². The van der Waals surface area contributed by atoms with Crippen molar-refractivity contribution in [2.24, 2.45) is 0 Å². The molecule has 0 saturated heterocycles. The van der Waals surface area contributed by atoms with Crippen molar-refractivity contribution >= 4 is 22.5 Å². The fourth-order valence-corrected chi connectivity index (χ4v) is 3.74. The van der Waals surface area contributed by atoms with E-state index in [0.717, 1.165) is 24.1 Å². The average Bonchev–Trinajstić information content (AvgIpc) is 3.19. The smallest absolute Gasteiger partial charge is 0.180 e. The molecular weight excluding hydrogens is 398 g/mol. The number of rotatable bonds is 9. The molecule has 0 aliphatic carbocycles. The SMILES string of the molecule is COc1cc(CNCCc2c[nH]c3ccccc23)cc(Cl)c1OCc1cccnc1. The molecule has 0 radical (unpaired) electrons. The molecule has 154 valence electrons.